The van der Waals surface area contributed by atoms with Gasteiger partial charge in [0.15, 0.2) is 0 Å². The third-order valence-electron chi connectivity index (χ3n) is 6.67. The van der Waals surface area contributed by atoms with Gasteiger partial charge < -0.3 is 4.57 Å². The Balaban J connectivity index is 1.81. The van der Waals surface area contributed by atoms with E-state index < -0.39 is 16.9 Å². The van der Waals surface area contributed by atoms with Crippen molar-refractivity contribution in [3.63, 3.8) is 0 Å². The molecule has 1 heterocycles. The number of rotatable bonds is 6. The third-order valence-corrected chi connectivity index (χ3v) is 6.67. The normalized spacial score (nSPS) is 14.5. The summed E-state index contributed by atoms with van der Waals surface area (Å²) in [5.74, 6) is -0.00250. The van der Waals surface area contributed by atoms with Crippen LogP contribution in [0.4, 0.5) is 10.1 Å². The molecule has 6 nitrogen and oxygen atoms in total. The van der Waals surface area contributed by atoms with Crippen LogP contribution in [-0.4, -0.2) is 9.13 Å². The molecule has 1 N–H and O–H groups in total. The molecule has 0 saturated heterocycles. The molecule has 0 unspecified atom stereocenters. The Bertz CT molecular complexity index is 1540. The first kappa shape index (κ1) is 22.8. The zero-order valence-electron chi connectivity index (χ0n) is 19.4. The fraction of sp³-hybridized carbons (Fsp3) is 0.250. The summed E-state index contributed by atoms with van der Waals surface area (Å²) in [7, 11) is 0. The van der Waals surface area contributed by atoms with E-state index in [1.54, 1.807) is 47.0 Å². The van der Waals surface area contributed by atoms with Crippen LogP contribution < -0.4 is 21.9 Å². The summed E-state index contributed by atoms with van der Waals surface area (Å²) in [5.41, 5.74) is 3.38. The average Bonchev–Trinajstić information content (AvgIpc) is 3.38. The molecule has 5 rings (SSSR count). The Kier molecular flexibility index (Phi) is 6.57. The van der Waals surface area contributed by atoms with Gasteiger partial charge in [-0.2, -0.15) is 5.10 Å². The van der Waals surface area contributed by atoms with E-state index in [0.717, 1.165) is 19.3 Å². The van der Waals surface area contributed by atoms with E-state index in [1.807, 2.05) is 24.3 Å². The molecule has 1 fully saturated rings. The molecule has 1 saturated carbocycles. The largest absolute Gasteiger partial charge is 0.305 e. The lowest BCUT2D eigenvalue weighted by Gasteiger charge is -2.12. The predicted molar refractivity (Wildman–Crippen MR) is 136 cm³/mol. The maximum absolute atomic E-state index is 15.0. The number of aromatic nitrogens is 2. The third kappa shape index (κ3) is 4.67. The van der Waals surface area contributed by atoms with E-state index in [-0.39, 0.29) is 11.0 Å². The van der Waals surface area contributed by atoms with Crippen LogP contribution in [0.5, 0.6) is 0 Å². The molecule has 7 heteroatoms. The van der Waals surface area contributed by atoms with Crippen LogP contribution in [0.25, 0.3) is 16.7 Å². The van der Waals surface area contributed by atoms with Gasteiger partial charge in [-0.05, 0) is 48.7 Å². The maximum atomic E-state index is 15.0. The highest BCUT2D eigenvalue weighted by atomic mass is 19.1. The number of hydrogen-bond acceptors (Lipinski definition) is 4. The minimum atomic E-state index is -0.681. The molecule has 0 spiro atoms. The monoisotopic (exact) mass is 470 g/mol. The summed E-state index contributed by atoms with van der Waals surface area (Å²) < 4.78 is 17.8. The van der Waals surface area contributed by atoms with Crippen molar-refractivity contribution in [2.75, 3.05) is 5.43 Å². The maximum Gasteiger partial charge on any atom is 0.289 e. The lowest BCUT2D eigenvalue weighted by Crippen LogP contribution is -2.45. The lowest BCUT2D eigenvalue weighted by atomic mass is 10.0. The molecule has 1 aliphatic carbocycles. The summed E-state index contributed by atoms with van der Waals surface area (Å²) in [6, 6.07) is 22.3. The second-order valence-electron chi connectivity index (χ2n) is 8.91. The fourth-order valence-electron chi connectivity index (χ4n) is 4.86. The molecule has 0 radical (unpaired) electrons. The van der Waals surface area contributed by atoms with Crippen molar-refractivity contribution in [2.24, 2.45) is 11.0 Å². The van der Waals surface area contributed by atoms with E-state index in [4.69, 9.17) is 0 Å². The SMILES string of the molecule is O=c1c(=NNc2ccccc2)c(=O)n(-c2ccccc2F)c2ccccc2n1CCC1CCCC1. The van der Waals surface area contributed by atoms with E-state index >= 15 is 0 Å². The van der Waals surface area contributed by atoms with E-state index in [9.17, 15) is 14.0 Å². The first-order valence-corrected chi connectivity index (χ1v) is 12.0. The number of nitrogens with zero attached hydrogens (tertiary/aromatic N) is 3. The van der Waals surface area contributed by atoms with Crippen molar-refractivity contribution in [3.05, 3.63) is 111 Å². The van der Waals surface area contributed by atoms with Crippen molar-refractivity contribution >= 4 is 16.7 Å². The Morgan fingerprint density at radius 1 is 0.829 bits per heavy atom. The summed E-state index contributed by atoms with van der Waals surface area (Å²) in [5, 5.41) is 3.96. The van der Waals surface area contributed by atoms with Crippen LogP contribution in [0, 0.1) is 11.7 Å². The number of halogens is 1. The smallest absolute Gasteiger partial charge is 0.289 e. The standard InChI is InChI=1S/C28H27FN4O2/c29-22-14-6-7-15-23(22)33-25-17-9-8-16-24(25)32(19-18-20-10-4-5-11-20)27(34)26(28(33)35)31-30-21-12-2-1-3-13-21/h1-3,6-9,12-17,20,30H,4-5,10-11,18-19H2. The Hall–Kier alpha value is -4.00. The van der Waals surface area contributed by atoms with Crippen molar-refractivity contribution in [1.29, 1.82) is 0 Å². The van der Waals surface area contributed by atoms with Gasteiger partial charge in [-0.1, -0.05) is 68.1 Å². The quantitative estimate of drug-likeness (QED) is 0.412. The van der Waals surface area contributed by atoms with Crippen molar-refractivity contribution < 1.29 is 4.39 Å². The Labute approximate surface area is 202 Å². The van der Waals surface area contributed by atoms with Gasteiger partial charge >= 0.3 is 0 Å². The van der Waals surface area contributed by atoms with Crippen LogP contribution in [0.1, 0.15) is 32.1 Å². The minimum Gasteiger partial charge on any atom is -0.305 e. The zero-order valence-corrected chi connectivity index (χ0v) is 19.4. The van der Waals surface area contributed by atoms with Crippen molar-refractivity contribution in [1.82, 2.24) is 9.13 Å². The molecular formula is C28H27FN4O2. The van der Waals surface area contributed by atoms with E-state index in [0.29, 0.717) is 29.2 Å². The van der Waals surface area contributed by atoms with Crippen LogP contribution in [0.2, 0.25) is 0 Å². The summed E-state index contributed by atoms with van der Waals surface area (Å²) in [6.45, 7) is 0.462. The first-order chi connectivity index (χ1) is 17.1. The molecule has 4 aromatic rings. The molecule has 0 aliphatic heterocycles. The van der Waals surface area contributed by atoms with Gasteiger partial charge in [0.2, 0.25) is 5.36 Å². The molecular weight excluding hydrogens is 443 g/mol. The lowest BCUT2D eigenvalue weighted by molar-refractivity contribution is 0.458. The number of benzene rings is 3. The molecule has 3 aromatic carbocycles. The Morgan fingerprint density at radius 3 is 2.23 bits per heavy atom. The Morgan fingerprint density at radius 2 is 1.49 bits per heavy atom. The zero-order chi connectivity index (χ0) is 24.2. The summed E-state index contributed by atoms with van der Waals surface area (Å²) >= 11 is 0. The molecule has 178 valence electrons. The number of fused-ring (bicyclic) bond motifs is 1. The highest BCUT2D eigenvalue weighted by Crippen LogP contribution is 2.28. The van der Waals surface area contributed by atoms with Crippen LogP contribution in [-0.2, 0) is 6.54 Å². The molecule has 1 aromatic heterocycles. The second kappa shape index (κ2) is 10.1. The van der Waals surface area contributed by atoms with Gasteiger partial charge in [-0.25, -0.2) is 4.39 Å². The van der Waals surface area contributed by atoms with Gasteiger partial charge in [0, 0.05) is 6.54 Å². The number of anilines is 1. The fourth-order valence-corrected chi connectivity index (χ4v) is 4.86. The predicted octanol–water partition coefficient (Wildman–Crippen LogP) is 4.80. The molecule has 35 heavy (non-hydrogen) atoms. The second-order valence-corrected chi connectivity index (χ2v) is 8.91. The molecule has 0 atom stereocenters. The van der Waals surface area contributed by atoms with Crippen molar-refractivity contribution in [3.8, 4) is 5.69 Å². The summed E-state index contributed by atoms with van der Waals surface area (Å²) in [4.78, 5) is 27.7. The van der Waals surface area contributed by atoms with Gasteiger partial charge in [0.1, 0.15) is 5.82 Å². The molecule has 1 aliphatic rings. The first-order valence-electron chi connectivity index (χ1n) is 12.0. The number of hydrogen-bond donors (Lipinski definition) is 1. The highest BCUT2D eigenvalue weighted by molar-refractivity contribution is 5.76. The van der Waals surface area contributed by atoms with Gasteiger partial charge in [0.25, 0.3) is 11.1 Å². The van der Waals surface area contributed by atoms with Gasteiger partial charge in [-0.3, -0.25) is 19.6 Å². The van der Waals surface area contributed by atoms with E-state index in [1.165, 1.54) is 29.5 Å². The van der Waals surface area contributed by atoms with Crippen LogP contribution in [0.3, 0.4) is 0 Å². The molecule has 0 amide bonds. The molecule has 0 bridgehead atoms. The van der Waals surface area contributed by atoms with Crippen molar-refractivity contribution in [2.45, 2.75) is 38.6 Å². The minimum absolute atomic E-state index is 0.0720. The van der Waals surface area contributed by atoms with Gasteiger partial charge in [0.05, 0.1) is 22.4 Å². The highest BCUT2D eigenvalue weighted by Gasteiger charge is 2.18. The van der Waals surface area contributed by atoms with E-state index in [2.05, 4.69) is 10.5 Å². The van der Waals surface area contributed by atoms with Crippen LogP contribution >= 0.6 is 0 Å². The number of para-hydroxylation sites is 4. The number of aryl methyl sites for hydroxylation is 1. The van der Waals surface area contributed by atoms with Gasteiger partial charge in [-0.15, -0.1) is 0 Å². The topological polar surface area (TPSA) is 68.4 Å². The average molecular weight is 471 g/mol. The summed E-state index contributed by atoms with van der Waals surface area (Å²) in [6.07, 6.45) is 5.57. The van der Waals surface area contributed by atoms with Crippen LogP contribution in [0.15, 0.2) is 93.6 Å². The number of nitrogens with one attached hydrogen (secondary N) is 1.